The third-order valence-corrected chi connectivity index (χ3v) is 3.87. The van der Waals surface area contributed by atoms with Gasteiger partial charge in [-0.15, -0.1) is 0 Å². The predicted molar refractivity (Wildman–Crippen MR) is 78.3 cm³/mol. The van der Waals surface area contributed by atoms with E-state index in [0.29, 0.717) is 17.6 Å². The summed E-state index contributed by atoms with van der Waals surface area (Å²) >= 11 is 5.95. The minimum absolute atomic E-state index is 0.0171. The van der Waals surface area contributed by atoms with Crippen molar-refractivity contribution in [2.45, 2.75) is 44.7 Å². The van der Waals surface area contributed by atoms with Crippen LogP contribution in [0.15, 0.2) is 24.3 Å². The third-order valence-electron chi connectivity index (χ3n) is 3.63. The SMILES string of the molecule is CC(NC(=O)CNC1CCCC1)c1cccc(Cl)c1. The number of halogens is 1. The summed E-state index contributed by atoms with van der Waals surface area (Å²) in [6, 6.07) is 8.10. The molecule has 2 rings (SSSR count). The zero-order valence-corrected chi connectivity index (χ0v) is 12.0. The third kappa shape index (κ3) is 4.51. The van der Waals surface area contributed by atoms with Gasteiger partial charge in [-0.1, -0.05) is 36.6 Å². The van der Waals surface area contributed by atoms with Crippen molar-refractivity contribution in [3.05, 3.63) is 34.9 Å². The molecule has 0 bridgehead atoms. The summed E-state index contributed by atoms with van der Waals surface area (Å²) in [7, 11) is 0. The first-order chi connectivity index (χ1) is 9.15. The van der Waals surface area contributed by atoms with Gasteiger partial charge in [-0.25, -0.2) is 0 Å². The molecule has 0 aromatic heterocycles. The molecule has 0 saturated heterocycles. The first-order valence-corrected chi connectivity index (χ1v) is 7.31. The van der Waals surface area contributed by atoms with E-state index in [0.717, 1.165) is 5.56 Å². The van der Waals surface area contributed by atoms with Crippen molar-refractivity contribution in [1.29, 1.82) is 0 Å². The van der Waals surface area contributed by atoms with Gasteiger partial charge in [0, 0.05) is 11.1 Å². The zero-order valence-electron chi connectivity index (χ0n) is 11.3. The van der Waals surface area contributed by atoms with E-state index in [1.165, 1.54) is 25.7 Å². The van der Waals surface area contributed by atoms with Crippen LogP contribution in [0.4, 0.5) is 0 Å². The van der Waals surface area contributed by atoms with E-state index in [4.69, 9.17) is 11.6 Å². The molecule has 4 heteroatoms. The van der Waals surface area contributed by atoms with Crippen LogP contribution in [0, 0.1) is 0 Å². The fourth-order valence-electron chi connectivity index (χ4n) is 2.52. The summed E-state index contributed by atoms with van der Waals surface area (Å²) in [4.78, 5) is 11.9. The summed E-state index contributed by atoms with van der Waals surface area (Å²) in [5.74, 6) is 0.0411. The van der Waals surface area contributed by atoms with Crippen molar-refractivity contribution >= 4 is 17.5 Å². The standard InChI is InChI=1S/C15H21ClN2O/c1-11(12-5-4-6-13(16)9-12)18-15(19)10-17-14-7-2-3-8-14/h4-6,9,11,14,17H,2-3,7-8,10H2,1H3,(H,18,19). The number of rotatable bonds is 5. The molecule has 0 spiro atoms. The minimum Gasteiger partial charge on any atom is -0.348 e. The number of nitrogens with one attached hydrogen (secondary N) is 2. The van der Waals surface area contributed by atoms with Gasteiger partial charge in [0.05, 0.1) is 12.6 Å². The molecule has 1 aromatic carbocycles. The molecule has 3 nitrogen and oxygen atoms in total. The molecule has 1 unspecified atom stereocenters. The quantitative estimate of drug-likeness (QED) is 0.870. The van der Waals surface area contributed by atoms with Crippen LogP contribution in [-0.4, -0.2) is 18.5 Å². The smallest absolute Gasteiger partial charge is 0.234 e. The lowest BCUT2D eigenvalue weighted by Crippen LogP contribution is -2.39. The molecule has 1 saturated carbocycles. The molecule has 1 aliphatic carbocycles. The lowest BCUT2D eigenvalue weighted by molar-refractivity contribution is -0.121. The van der Waals surface area contributed by atoms with Gasteiger partial charge in [-0.05, 0) is 37.5 Å². The molecular weight excluding hydrogens is 260 g/mol. The molecular formula is C15H21ClN2O. The maximum absolute atomic E-state index is 11.9. The summed E-state index contributed by atoms with van der Waals surface area (Å²) in [5.41, 5.74) is 1.03. The van der Waals surface area contributed by atoms with Gasteiger partial charge in [-0.3, -0.25) is 4.79 Å². The van der Waals surface area contributed by atoms with E-state index in [-0.39, 0.29) is 11.9 Å². The molecule has 104 valence electrons. The van der Waals surface area contributed by atoms with Crippen molar-refractivity contribution in [1.82, 2.24) is 10.6 Å². The van der Waals surface area contributed by atoms with Crippen LogP contribution in [0.5, 0.6) is 0 Å². The number of carbonyl (C=O) groups excluding carboxylic acids is 1. The Morgan fingerprint density at radius 2 is 2.16 bits per heavy atom. The second-order valence-corrected chi connectivity index (χ2v) is 5.64. The second kappa shape index (κ2) is 6.92. The first kappa shape index (κ1) is 14.4. The number of hydrogen-bond donors (Lipinski definition) is 2. The average molecular weight is 281 g/mol. The van der Waals surface area contributed by atoms with Crippen LogP contribution in [0.3, 0.4) is 0 Å². The minimum atomic E-state index is -0.0171. The first-order valence-electron chi connectivity index (χ1n) is 6.93. The molecule has 0 radical (unpaired) electrons. The van der Waals surface area contributed by atoms with Gasteiger partial charge < -0.3 is 10.6 Å². The maximum atomic E-state index is 11.9. The molecule has 1 aromatic rings. The number of benzene rings is 1. The lowest BCUT2D eigenvalue weighted by atomic mass is 10.1. The Hall–Kier alpha value is -1.06. The van der Waals surface area contributed by atoms with Gasteiger partial charge in [0.2, 0.25) is 5.91 Å². The Morgan fingerprint density at radius 1 is 1.42 bits per heavy atom. The van der Waals surface area contributed by atoms with Crippen molar-refractivity contribution in [3.8, 4) is 0 Å². The fourth-order valence-corrected chi connectivity index (χ4v) is 2.72. The normalized spacial score (nSPS) is 17.4. The van der Waals surface area contributed by atoms with Gasteiger partial charge in [0.25, 0.3) is 0 Å². The summed E-state index contributed by atoms with van der Waals surface area (Å²) in [6.45, 7) is 2.37. The maximum Gasteiger partial charge on any atom is 0.234 e. The molecule has 1 aliphatic rings. The lowest BCUT2D eigenvalue weighted by Gasteiger charge is -2.16. The van der Waals surface area contributed by atoms with Crippen molar-refractivity contribution in [2.24, 2.45) is 0 Å². The van der Waals surface area contributed by atoms with E-state index in [2.05, 4.69) is 10.6 Å². The Bertz CT molecular complexity index is 430. The predicted octanol–water partition coefficient (Wildman–Crippen LogP) is 3.05. The molecule has 2 N–H and O–H groups in total. The highest BCUT2D eigenvalue weighted by Crippen LogP contribution is 2.18. The molecule has 0 aliphatic heterocycles. The van der Waals surface area contributed by atoms with Crippen molar-refractivity contribution in [3.63, 3.8) is 0 Å². The Kier molecular flexibility index (Phi) is 5.23. The van der Waals surface area contributed by atoms with Gasteiger partial charge in [0.15, 0.2) is 0 Å². The van der Waals surface area contributed by atoms with Crippen LogP contribution in [0.2, 0.25) is 5.02 Å². The summed E-state index contributed by atoms with van der Waals surface area (Å²) < 4.78 is 0. The second-order valence-electron chi connectivity index (χ2n) is 5.21. The summed E-state index contributed by atoms with van der Waals surface area (Å²) in [6.07, 6.45) is 4.94. The molecule has 19 heavy (non-hydrogen) atoms. The van der Waals surface area contributed by atoms with E-state index >= 15 is 0 Å². The number of carbonyl (C=O) groups is 1. The van der Waals surface area contributed by atoms with E-state index in [9.17, 15) is 4.79 Å². The largest absolute Gasteiger partial charge is 0.348 e. The summed E-state index contributed by atoms with van der Waals surface area (Å²) in [5, 5.41) is 7.00. The Balaban J connectivity index is 1.77. The highest BCUT2D eigenvalue weighted by Gasteiger charge is 2.16. The Labute approximate surface area is 119 Å². The highest BCUT2D eigenvalue weighted by molar-refractivity contribution is 6.30. The van der Waals surface area contributed by atoms with Crippen LogP contribution in [-0.2, 0) is 4.79 Å². The van der Waals surface area contributed by atoms with Gasteiger partial charge in [0.1, 0.15) is 0 Å². The monoisotopic (exact) mass is 280 g/mol. The van der Waals surface area contributed by atoms with Gasteiger partial charge >= 0.3 is 0 Å². The highest BCUT2D eigenvalue weighted by atomic mass is 35.5. The van der Waals surface area contributed by atoms with Crippen LogP contribution >= 0.6 is 11.6 Å². The molecule has 0 heterocycles. The van der Waals surface area contributed by atoms with E-state index in [1.807, 2.05) is 31.2 Å². The Morgan fingerprint density at radius 3 is 2.84 bits per heavy atom. The molecule has 1 fully saturated rings. The number of amides is 1. The number of hydrogen-bond acceptors (Lipinski definition) is 2. The average Bonchev–Trinajstić information content (AvgIpc) is 2.89. The fraction of sp³-hybridized carbons (Fsp3) is 0.533. The van der Waals surface area contributed by atoms with Crippen molar-refractivity contribution in [2.75, 3.05) is 6.54 Å². The van der Waals surface area contributed by atoms with E-state index in [1.54, 1.807) is 0 Å². The van der Waals surface area contributed by atoms with Crippen LogP contribution in [0.1, 0.15) is 44.2 Å². The van der Waals surface area contributed by atoms with E-state index < -0.39 is 0 Å². The van der Waals surface area contributed by atoms with Crippen molar-refractivity contribution < 1.29 is 4.79 Å². The van der Waals surface area contributed by atoms with Crippen LogP contribution in [0.25, 0.3) is 0 Å². The zero-order chi connectivity index (χ0) is 13.7. The van der Waals surface area contributed by atoms with Gasteiger partial charge in [-0.2, -0.15) is 0 Å². The molecule has 1 amide bonds. The van der Waals surface area contributed by atoms with Crippen LogP contribution < -0.4 is 10.6 Å². The topological polar surface area (TPSA) is 41.1 Å². The molecule has 1 atom stereocenters.